The van der Waals surface area contributed by atoms with Crippen LogP contribution in [0.3, 0.4) is 0 Å². The number of rotatable bonds is 1. The van der Waals surface area contributed by atoms with Gasteiger partial charge >= 0.3 is 0 Å². The Hall–Kier alpha value is -1.32. The summed E-state index contributed by atoms with van der Waals surface area (Å²) in [5.41, 5.74) is 5.73. The Morgan fingerprint density at radius 2 is 2.07 bits per heavy atom. The van der Waals surface area contributed by atoms with Gasteiger partial charge in [-0.3, -0.25) is 10.8 Å². The van der Waals surface area contributed by atoms with E-state index in [1.807, 2.05) is 31.2 Å². The lowest BCUT2D eigenvalue weighted by molar-refractivity contribution is 1.33. The molecule has 4 heteroatoms. The van der Waals surface area contributed by atoms with Crippen molar-refractivity contribution in [1.82, 2.24) is 4.98 Å². The number of benzene rings is 1. The Labute approximate surface area is 88.7 Å². The highest BCUT2D eigenvalue weighted by molar-refractivity contribution is 5.91. The predicted octanol–water partition coefficient (Wildman–Crippen LogP) is 2.25. The highest BCUT2D eigenvalue weighted by Gasteiger charge is 1.99. The van der Waals surface area contributed by atoms with Crippen LogP contribution in [0.4, 0.5) is 5.69 Å². The maximum absolute atomic E-state index is 5.38. The molecule has 1 aromatic heterocycles. The molecule has 74 valence electrons. The van der Waals surface area contributed by atoms with Gasteiger partial charge in [-0.05, 0) is 24.6 Å². The zero-order valence-corrected chi connectivity index (χ0v) is 8.64. The number of nitrogens with two attached hydrogens (primary N) is 1. The number of nitrogen functional groups attached to an aromatic ring is 1. The number of halogens is 1. The van der Waals surface area contributed by atoms with Crippen LogP contribution in [0.25, 0.3) is 10.9 Å². The average molecular weight is 210 g/mol. The maximum Gasteiger partial charge on any atom is 0.0725 e. The third kappa shape index (κ3) is 1.78. The smallest absolute Gasteiger partial charge is 0.0725 e. The number of hydrazine groups is 1. The molecule has 3 N–H and O–H groups in total. The van der Waals surface area contributed by atoms with Gasteiger partial charge in [-0.25, -0.2) is 0 Å². The van der Waals surface area contributed by atoms with E-state index in [1.165, 1.54) is 5.56 Å². The summed E-state index contributed by atoms with van der Waals surface area (Å²) >= 11 is 0. The zero-order chi connectivity index (χ0) is 9.26. The van der Waals surface area contributed by atoms with Gasteiger partial charge in [0.05, 0.1) is 11.2 Å². The second-order valence-electron chi connectivity index (χ2n) is 3.02. The molecule has 0 spiro atoms. The summed E-state index contributed by atoms with van der Waals surface area (Å²) in [7, 11) is 0. The molecule has 14 heavy (non-hydrogen) atoms. The molecule has 0 aliphatic rings. The third-order valence-electron chi connectivity index (χ3n) is 2.05. The molecular formula is C10H12ClN3. The molecule has 0 bridgehead atoms. The van der Waals surface area contributed by atoms with Gasteiger partial charge in [0, 0.05) is 11.6 Å². The maximum atomic E-state index is 5.38. The molecular weight excluding hydrogens is 198 g/mol. The van der Waals surface area contributed by atoms with Crippen molar-refractivity contribution in [2.24, 2.45) is 5.84 Å². The Morgan fingerprint density at radius 1 is 1.29 bits per heavy atom. The first-order chi connectivity index (χ1) is 6.31. The Kier molecular flexibility index (Phi) is 3.28. The van der Waals surface area contributed by atoms with Crippen LogP contribution < -0.4 is 11.3 Å². The normalized spacial score (nSPS) is 9.57. The van der Waals surface area contributed by atoms with Crippen LogP contribution in [0.2, 0.25) is 0 Å². The predicted molar refractivity (Wildman–Crippen MR) is 61.5 cm³/mol. The second kappa shape index (κ2) is 4.26. The summed E-state index contributed by atoms with van der Waals surface area (Å²) in [6, 6.07) is 7.96. The molecule has 0 aliphatic carbocycles. The van der Waals surface area contributed by atoms with Gasteiger partial charge in [0.25, 0.3) is 0 Å². The van der Waals surface area contributed by atoms with Crippen LogP contribution in [0.5, 0.6) is 0 Å². The van der Waals surface area contributed by atoms with Crippen LogP contribution in [0.1, 0.15) is 5.56 Å². The number of hydrogen-bond acceptors (Lipinski definition) is 3. The lowest BCUT2D eigenvalue weighted by Gasteiger charge is -2.04. The number of aryl methyl sites for hydroxylation is 1. The number of nitrogens with zero attached hydrogens (tertiary/aromatic N) is 1. The standard InChI is InChI=1S/C10H11N3.ClH/c1-7-2-3-8-9(13-11)4-5-12-10(8)6-7;/h2-6H,11H2,1H3,(H,12,13);1H. The molecule has 2 aromatic rings. The van der Waals surface area contributed by atoms with Crippen LogP contribution in [-0.2, 0) is 0 Å². The average Bonchev–Trinajstić information content (AvgIpc) is 2.16. The number of anilines is 1. The van der Waals surface area contributed by atoms with Crippen molar-refractivity contribution in [3.8, 4) is 0 Å². The molecule has 1 aromatic carbocycles. The van der Waals surface area contributed by atoms with E-state index in [0.717, 1.165) is 16.6 Å². The molecule has 0 aliphatic heterocycles. The van der Waals surface area contributed by atoms with E-state index in [1.54, 1.807) is 6.20 Å². The molecule has 0 amide bonds. The van der Waals surface area contributed by atoms with Crippen LogP contribution in [0.15, 0.2) is 30.5 Å². The number of pyridine rings is 1. The minimum atomic E-state index is 0. The number of hydrogen-bond donors (Lipinski definition) is 2. The Morgan fingerprint density at radius 3 is 2.79 bits per heavy atom. The largest absolute Gasteiger partial charge is 0.323 e. The first-order valence-corrected chi connectivity index (χ1v) is 4.13. The molecule has 1 heterocycles. The molecule has 0 fully saturated rings. The Balaban J connectivity index is 0.000000980. The van der Waals surface area contributed by atoms with Gasteiger partial charge in [-0.15, -0.1) is 12.4 Å². The fourth-order valence-electron chi connectivity index (χ4n) is 1.38. The van der Waals surface area contributed by atoms with Crippen LogP contribution >= 0.6 is 12.4 Å². The van der Waals surface area contributed by atoms with Gasteiger partial charge in [0.1, 0.15) is 0 Å². The van der Waals surface area contributed by atoms with Gasteiger partial charge in [0.15, 0.2) is 0 Å². The van der Waals surface area contributed by atoms with Crippen molar-refractivity contribution in [2.45, 2.75) is 6.92 Å². The van der Waals surface area contributed by atoms with Crippen molar-refractivity contribution in [2.75, 3.05) is 5.43 Å². The molecule has 0 unspecified atom stereocenters. The highest BCUT2D eigenvalue weighted by atomic mass is 35.5. The number of nitrogens with one attached hydrogen (secondary N) is 1. The van der Waals surface area contributed by atoms with E-state index >= 15 is 0 Å². The fourth-order valence-corrected chi connectivity index (χ4v) is 1.38. The lowest BCUT2D eigenvalue weighted by Crippen LogP contribution is -2.07. The minimum Gasteiger partial charge on any atom is -0.323 e. The molecule has 2 rings (SSSR count). The SMILES string of the molecule is Cc1ccc2c(NN)ccnc2c1.Cl. The highest BCUT2D eigenvalue weighted by Crippen LogP contribution is 2.20. The van der Waals surface area contributed by atoms with E-state index in [4.69, 9.17) is 5.84 Å². The van der Waals surface area contributed by atoms with Crippen molar-refractivity contribution in [3.05, 3.63) is 36.0 Å². The van der Waals surface area contributed by atoms with Crippen molar-refractivity contribution in [1.29, 1.82) is 0 Å². The summed E-state index contributed by atoms with van der Waals surface area (Å²) in [4.78, 5) is 4.26. The zero-order valence-electron chi connectivity index (χ0n) is 7.82. The molecule has 0 radical (unpaired) electrons. The first kappa shape index (κ1) is 10.8. The molecule has 0 atom stereocenters. The summed E-state index contributed by atoms with van der Waals surface area (Å²) in [6.07, 6.45) is 1.75. The monoisotopic (exact) mass is 209 g/mol. The van der Waals surface area contributed by atoms with Crippen LogP contribution in [0, 0.1) is 6.92 Å². The van der Waals surface area contributed by atoms with E-state index in [9.17, 15) is 0 Å². The van der Waals surface area contributed by atoms with Crippen molar-refractivity contribution in [3.63, 3.8) is 0 Å². The van der Waals surface area contributed by atoms with E-state index in [-0.39, 0.29) is 12.4 Å². The summed E-state index contributed by atoms with van der Waals surface area (Å²) in [6.45, 7) is 2.05. The van der Waals surface area contributed by atoms with Gasteiger partial charge in [-0.2, -0.15) is 0 Å². The fraction of sp³-hybridized carbons (Fsp3) is 0.100. The van der Waals surface area contributed by atoms with Crippen molar-refractivity contribution < 1.29 is 0 Å². The van der Waals surface area contributed by atoms with Gasteiger partial charge < -0.3 is 5.43 Å². The minimum absolute atomic E-state index is 0. The summed E-state index contributed by atoms with van der Waals surface area (Å²) in [5, 5.41) is 1.05. The lowest BCUT2D eigenvalue weighted by atomic mass is 10.1. The number of aromatic nitrogens is 1. The summed E-state index contributed by atoms with van der Waals surface area (Å²) < 4.78 is 0. The van der Waals surface area contributed by atoms with Gasteiger partial charge in [-0.1, -0.05) is 12.1 Å². The topological polar surface area (TPSA) is 50.9 Å². The van der Waals surface area contributed by atoms with E-state index in [2.05, 4.69) is 10.4 Å². The Bertz CT molecular complexity index is 442. The quantitative estimate of drug-likeness (QED) is 0.560. The van der Waals surface area contributed by atoms with Crippen LogP contribution in [-0.4, -0.2) is 4.98 Å². The molecule has 0 saturated carbocycles. The van der Waals surface area contributed by atoms with E-state index < -0.39 is 0 Å². The second-order valence-corrected chi connectivity index (χ2v) is 3.02. The van der Waals surface area contributed by atoms with Gasteiger partial charge in [0.2, 0.25) is 0 Å². The first-order valence-electron chi connectivity index (χ1n) is 4.13. The molecule has 0 saturated heterocycles. The molecule has 3 nitrogen and oxygen atoms in total. The third-order valence-corrected chi connectivity index (χ3v) is 2.05. The van der Waals surface area contributed by atoms with Crippen molar-refractivity contribution >= 4 is 29.0 Å². The van der Waals surface area contributed by atoms with E-state index in [0.29, 0.717) is 0 Å². The summed E-state index contributed by atoms with van der Waals surface area (Å²) in [5.74, 6) is 5.38. The number of fused-ring (bicyclic) bond motifs is 1.